The molecule has 3 N–H and O–H groups in total. The Kier molecular flexibility index (Phi) is 5.76. The highest BCUT2D eigenvalue weighted by Gasteiger charge is 2.10. The van der Waals surface area contributed by atoms with Crippen molar-refractivity contribution in [2.24, 2.45) is 5.73 Å². The average Bonchev–Trinajstić information content (AvgIpc) is 2.27. The smallest absolute Gasteiger partial charge is 0.138 e. The second kappa shape index (κ2) is 6.85. The maximum Gasteiger partial charge on any atom is 0.138 e. The molecule has 0 aromatic heterocycles. The molecule has 0 aliphatic rings. The standard InChI is InChI=1S/C11H16BrNO3/c1-15-6-9(14)7-16-11-8(5-13)3-2-4-10(11)12/h2-4,9,14H,5-7,13H2,1H3. The van der Waals surface area contributed by atoms with Gasteiger partial charge in [-0.25, -0.2) is 0 Å². The predicted molar refractivity (Wildman–Crippen MR) is 65.4 cm³/mol. The summed E-state index contributed by atoms with van der Waals surface area (Å²) < 4.78 is 11.2. The van der Waals surface area contributed by atoms with E-state index in [2.05, 4.69) is 15.9 Å². The number of ether oxygens (including phenoxy) is 2. The molecular weight excluding hydrogens is 274 g/mol. The van der Waals surface area contributed by atoms with Gasteiger partial charge in [0.2, 0.25) is 0 Å². The summed E-state index contributed by atoms with van der Waals surface area (Å²) in [6.07, 6.45) is -0.636. The van der Waals surface area contributed by atoms with Gasteiger partial charge in [-0.15, -0.1) is 0 Å². The molecular formula is C11H16BrNO3. The van der Waals surface area contributed by atoms with E-state index in [-0.39, 0.29) is 13.2 Å². The number of methoxy groups -OCH3 is 1. The summed E-state index contributed by atoms with van der Waals surface area (Å²) in [5, 5.41) is 9.47. The number of para-hydroxylation sites is 1. The molecule has 1 rings (SSSR count). The minimum absolute atomic E-state index is 0.184. The lowest BCUT2D eigenvalue weighted by Gasteiger charge is -2.15. The number of aliphatic hydroxyl groups is 1. The third-order valence-electron chi connectivity index (χ3n) is 2.05. The van der Waals surface area contributed by atoms with E-state index in [4.69, 9.17) is 15.2 Å². The Morgan fingerprint density at radius 3 is 2.81 bits per heavy atom. The minimum Gasteiger partial charge on any atom is -0.489 e. The Bertz CT molecular complexity index is 333. The molecule has 0 amide bonds. The second-order valence-electron chi connectivity index (χ2n) is 3.35. The Labute approximate surface area is 103 Å². The monoisotopic (exact) mass is 289 g/mol. The van der Waals surface area contributed by atoms with Gasteiger partial charge in [-0.3, -0.25) is 0 Å². The summed E-state index contributed by atoms with van der Waals surface area (Å²) in [7, 11) is 1.53. The van der Waals surface area contributed by atoms with E-state index in [1.54, 1.807) is 0 Å². The summed E-state index contributed by atoms with van der Waals surface area (Å²) >= 11 is 3.38. The van der Waals surface area contributed by atoms with Crippen molar-refractivity contribution in [3.63, 3.8) is 0 Å². The highest BCUT2D eigenvalue weighted by molar-refractivity contribution is 9.10. The van der Waals surface area contributed by atoms with Crippen LogP contribution in [-0.2, 0) is 11.3 Å². The third-order valence-corrected chi connectivity index (χ3v) is 2.67. The van der Waals surface area contributed by atoms with Crippen LogP contribution in [0.25, 0.3) is 0 Å². The molecule has 0 saturated carbocycles. The molecule has 90 valence electrons. The average molecular weight is 290 g/mol. The SMILES string of the molecule is COCC(O)COc1c(Br)cccc1CN. The first-order chi connectivity index (χ1) is 7.69. The molecule has 0 spiro atoms. The van der Waals surface area contributed by atoms with Crippen LogP contribution in [-0.4, -0.2) is 31.5 Å². The number of rotatable bonds is 6. The van der Waals surface area contributed by atoms with Gasteiger partial charge in [0.1, 0.15) is 18.5 Å². The fourth-order valence-corrected chi connectivity index (χ4v) is 1.82. The molecule has 16 heavy (non-hydrogen) atoms. The fourth-order valence-electron chi connectivity index (χ4n) is 1.30. The number of benzene rings is 1. The number of halogens is 1. The largest absolute Gasteiger partial charge is 0.489 e. The molecule has 1 aromatic rings. The quantitative estimate of drug-likeness (QED) is 0.828. The minimum atomic E-state index is -0.636. The van der Waals surface area contributed by atoms with Crippen molar-refractivity contribution < 1.29 is 14.6 Å². The molecule has 0 saturated heterocycles. The molecule has 1 aromatic carbocycles. The van der Waals surface area contributed by atoms with E-state index in [9.17, 15) is 5.11 Å². The van der Waals surface area contributed by atoms with Crippen molar-refractivity contribution >= 4 is 15.9 Å². The predicted octanol–water partition coefficient (Wildman–Crippen LogP) is 1.29. The van der Waals surface area contributed by atoms with Gasteiger partial charge in [-0.2, -0.15) is 0 Å². The van der Waals surface area contributed by atoms with Gasteiger partial charge in [-0.1, -0.05) is 12.1 Å². The summed E-state index contributed by atoms with van der Waals surface area (Å²) in [6, 6.07) is 5.66. The van der Waals surface area contributed by atoms with Crippen molar-refractivity contribution in [2.45, 2.75) is 12.6 Å². The van der Waals surface area contributed by atoms with E-state index < -0.39 is 6.10 Å². The molecule has 0 heterocycles. The van der Waals surface area contributed by atoms with E-state index in [0.717, 1.165) is 10.0 Å². The Hall–Kier alpha value is -0.620. The first-order valence-corrected chi connectivity index (χ1v) is 5.75. The van der Waals surface area contributed by atoms with Crippen molar-refractivity contribution in [3.8, 4) is 5.75 Å². The zero-order valence-electron chi connectivity index (χ0n) is 9.15. The van der Waals surface area contributed by atoms with Crippen LogP contribution >= 0.6 is 15.9 Å². The molecule has 0 radical (unpaired) electrons. The van der Waals surface area contributed by atoms with E-state index in [1.165, 1.54) is 7.11 Å². The Balaban J connectivity index is 2.65. The lowest BCUT2D eigenvalue weighted by Crippen LogP contribution is -2.23. The lowest BCUT2D eigenvalue weighted by molar-refractivity contribution is 0.0321. The zero-order valence-corrected chi connectivity index (χ0v) is 10.7. The maximum atomic E-state index is 9.47. The normalized spacial score (nSPS) is 12.5. The topological polar surface area (TPSA) is 64.7 Å². The summed E-state index contributed by atoms with van der Waals surface area (Å²) in [5.41, 5.74) is 6.50. The Morgan fingerprint density at radius 2 is 2.19 bits per heavy atom. The fraction of sp³-hybridized carbons (Fsp3) is 0.455. The van der Waals surface area contributed by atoms with Gasteiger partial charge < -0.3 is 20.3 Å². The number of nitrogens with two attached hydrogens (primary N) is 1. The van der Waals surface area contributed by atoms with Crippen molar-refractivity contribution in [1.82, 2.24) is 0 Å². The summed E-state index contributed by atoms with van der Waals surface area (Å²) in [6.45, 7) is 0.834. The number of hydrogen-bond donors (Lipinski definition) is 2. The van der Waals surface area contributed by atoms with Crippen LogP contribution in [0, 0.1) is 0 Å². The molecule has 0 bridgehead atoms. The molecule has 4 nitrogen and oxygen atoms in total. The number of hydrogen-bond acceptors (Lipinski definition) is 4. The van der Waals surface area contributed by atoms with Crippen molar-refractivity contribution in [2.75, 3.05) is 20.3 Å². The van der Waals surface area contributed by atoms with Gasteiger partial charge in [0.25, 0.3) is 0 Å². The zero-order chi connectivity index (χ0) is 12.0. The molecule has 1 atom stereocenters. The van der Waals surface area contributed by atoms with Crippen LogP contribution in [0.1, 0.15) is 5.56 Å². The third kappa shape index (κ3) is 3.75. The maximum absolute atomic E-state index is 9.47. The first kappa shape index (κ1) is 13.4. The van der Waals surface area contributed by atoms with Gasteiger partial charge in [0, 0.05) is 19.2 Å². The summed E-state index contributed by atoms with van der Waals surface area (Å²) in [5.74, 6) is 0.681. The van der Waals surface area contributed by atoms with Crippen molar-refractivity contribution in [3.05, 3.63) is 28.2 Å². The van der Waals surface area contributed by atoms with Crippen molar-refractivity contribution in [1.29, 1.82) is 0 Å². The first-order valence-electron chi connectivity index (χ1n) is 4.96. The molecule has 0 fully saturated rings. The molecule has 5 heteroatoms. The second-order valence-corrected chi connectivity index (χ2v) is 4.21. The van der Waals surface area contributed by atoms with Crippen LogP contribution in [0.15, 0.2) is 22.7 Å². The van der Waals surface area contributed by atoms with Crippen LogP contribution in [0.2, 0.25) is 0 Å². The van der Waals surface area contributed by atoms with Crippen LogP contribution in [0.4, 0.5) is 0 Å². The van der Waals surface area contributed by atoms with E-state index in [0.29, 0.717) is 12.3 Å². The molecule has 1 unspecified atom stereocenters. The lowest BCUT2D eigenvalue weighted by atomic mass is 10.2. The molecule has 0 aliphatic heterocycles. The van der Waals surface area contributed by atoms with E-state index >= 15 is 0 Å². The molecule has 0 aliphatic carbocycles. The van der Waals surface area contributed by atoms with Crippen LogP contribution < -0.4 is 10.5 Å². The van der Waals surface area contributed by atoms with Gasteiger partial charge in [-0.05, 0) is 22.0 Å². The van der Waals surface area contributed by atoms with Crippen LogP contribution in [0.3, 0.4) is 0 Å². The van der Waals surface area contributed by atoms with Crippen LogP contribution in [0.5, 0.6) is 5.75 Å². The van der Waals surface area contributed by atoms with Gasteiger partial charge in [0.05, 0.1) is 11.1 Å². The number of aliphatic hydroxyl groups excluding tert-OH is 1. The van der Waals surface area contributed by atoms with Gasteiger partial charge in [0.15, 0.2) is 0 Å². The van der Waals surface area contributed by atoms with Gasteiger partial charge >= 0.3 is 0 Å². The highest BCUT2D eigenvalue weighted by Crippen LogP contribution is 2.28. The Morgan fingerprint density at radius 1 is 1.44 bits per heavy atom. The summed E-state index contributed by atoms with van der Waals surface area (Å²) in [4.78, 5) is 0. The van der Waals surface area contributed by atoms with E-state index in [1.807, 2.05) is 18.2 Å². The highest BCUT2D eigenvalue weighted by atomic mass is 79.9.